The zero-order valence-corrected chi connectivity index (χ0v) is 16.0. The van der Waals surface area contributed by atoms with Crippen molar-refractivity contribution < 1.29 is 0 Å². The van der Waals surface area contributed by atoms with Gasteiger partial charge in [-0.15, -0.1) is 24.0 Å². The first-order chi connectivity index (χ1) is 10.7. The third-order valence-corrected chi connectivity index (χ3v) is 5.02. The third-order valence-electron chi connectivity index (χ3n) is 5.02. The van der Waals surface area contributed by atoms with E-state index in [1.54, 1.807) is 0 Å². The molecule has 2 aromatic rings. The zero-order valence-electron chi connectivity index (χ0n) is 13.6. The molecule has 2 unspecified atom stereocenters. The van der Waals surface area contributed by atoms with Crippen LogP contribution in [0.1, 0.15) is 32.7 Å². The summed E-state index contributed by atoms with van der Waals surface area (Å²) in [5, 5.41) is 9.35. The lowest BCUT2D eigenvalue weighted by atomic mass is 10.1. The number of piperidine rings is 1. The number of nitrogens with zero attached hydrogens (tertiary/aromatic N) is 4. The SMILES string of the molecule is CC1N=C(N2CCC(n3ncc4ccccc43)CC2)NC1C.I. The molecule has 1 aromatic carbocycles. The third kappa shape index (κ3) is 3.05. The Morgan fingerprint density at radius 3 is 2.57 bits per heavy atom. The fraction of sp³-hybridized carbons (Fsp3) is 0.529. The van der Waals surface area contributed by atoms with Crippen molar-refractivity contribution in [3.05, 3.63) is 30.5 Å². The second-order valence-corrected chi connectivity index (χ2v) is 6.49. The average Bonchev–Trinajstić information content (AvgIpc) is 3.12. The van der Waals surface area contributed by atoms with E-state index in [9.17, 15) is 0 Å². The van der Waals surface area contributed by atoms with Crippen LogP contribution in [0.15, 0.2) is 35.5 Å². The summed E-state index contributed by atoms with van der Waals surface area (Å²) in [5.74, 6) is 1.09. The molecule has 0 saturated carbocycles. The molecule has 0 aliphatic carbocycles. The van der Waals surface area contributed by atoms with Gasteiger partial charge in [0, 0.05) is 24.5 Å². The van der Waals surface area contributed by atoms with Gasteiger partial charge in [-0.1, -0.05) is 18.2 Å². The largest absolute Gasteiger partial charge is 0.352 e. The van der Waals surface area contributed by atoms with Crippen molar-refractivity contribution in [2.45, 2.75) is 44.8 Å². The van der Waals surface area contributed by atoms with Crippen molar-refractivity contribution in [3.63, 3.8) is 0 Å². The van der Waals surface area contributed by atoms with Gasteiger partial charge in [0.05, 0.1) is 23.8 Å². The van der Waals surface area contributed by atoms with E-state index in [1.165, 1.54) is 10.9 Å². The first-order valence-electron chi connectivity index (χ1n) is 8.24. The van der Waals surface area contributed by atoms with Crippen LogP contribution >= 0.6 is 24.0 Å². The molecule has 0 amide bonds. The molecule has 0 spiro atoms. The van der Waals surface area contributed by atoms with E-state index >= 15 is 0 Å². The Hall–Kier alpha value is -1.31. The Labute approximate surface area is 154 Å². The van der Waals surface area contributed by atoms with Crippen molar-refractivity contribution in [2.24, 2.45) is 4.99 Å². The predicted octanol–water partition coefficient (Wildman–Crippen LogP) is 3.03. The van der Waals surface area contributed by atoms with Crippen molar-refractivity contribution in [2.75, 3.05) is 13.1 Å². The molecular weight excluding hydrogens is 401 g/mol. The fourth-order valence-corrected chi connectivity index (χ4v) is 3.44. The highest BCUT2D eigenvalue weighted by Gasteiger charge is 2.28. The maximum absolute atomic E-state index is 4.74. The van der Waals surface area contributed by atoms with Crippen LogP contribution in [0.5, 0.6) is 0 Å². The maximum Gasteiger partial charge on any atom is 0.194 e. The Kier molecular flexibility index (Phi) is 4.79. The van der Waals surface area contributed by atoms with Crippen LogP contribution in [-0.4, -0.2) is 45.8 Å². The zero-order chi connectivity index (χ0) is 15.1. The van der Waals surface area contributed by atoms with Gasteiger partial charge in [0.15, 0.2) is 5.96 Å². The summed E-state index contributed by atoms with van der Waals surface area (Å²) in [4.78, 5) is 7.13. The molecule has 5 nitrogen and oxygen atoms in total. The highest BCUT2D eigenvalue weighted by Crippen LogP contribution is 2.26. The number of rotatable bonds is 1. The van der Waals surface area contributed by atoms with Crippen LogP contribution in [0.25, 0.3) is 10.9 Å². The standard InChI is InChI=1S/C17H23N5.HI/c1-12-13(2)20-17(19-12)21-9-7-15(8-10-21)22-16-6-4-3-5-14(16)11-18-22;/h3-6,11-13,15H,7-10H2,1-2H3,(H,19,20);1H. The van der Waals surface area contributed by atoms with Crippen molar-refractivity contribution in [1.82, 2.24) is 20.0 Å². The minimum absolute atomic E-state index is 0. The van der Waals surface area contributed by atoms with Gasteiger partial charge in [0.2, 0.25) is 0 Å². The van der Waals surface area contributed by atoms with Crippen LogP contribution in [0.2, 0.25) is 0 Å². The first-order valence-corrected chi connectivity index (χ1v) is 8.24. The predicted molar refractivity (Wildman–Crippen MR) is 104 cm³/mol. The van der Waals surface area contributed by atoms with E-state index < -0.39 is 0 Å². The van der Waals surface area contributed by atoms with E-state index in [0.717, 1.165) is 31.9 Å². The number of hydrogen-bond acceptors (Lipinski definition) is 4. The summed E-state index contributed by atoms with van der Waals surface area (Å²) in [6, 6.07) is 9.78. The van der Waals surface area contributed by atoms with E-state index in [0.29, 0.717) is 18.1 Å². The summed E-state index contributed by atoms with van der Waals surface area (Å²) >= 11 is 0. The minimum Gasteiger partial charge on any atom is -0.352 e. The van der Waals surface area contributed by atoms with E-state index in [1.807, 2.05) is 6.20 Å². The second-order valence-electron chi connectivity index (χ2n) is 6.49. The molecule has 1 saturated heterocycles. The molecule has 4 rings (SSSR count). The number of fused-ring (bicyclic) bond motifs is 1. The molecule has 6 heteroatoms. The molecule has 1 fully saturated rings. The quantitative estimate of drug-likeness (QED) is 0.715. The Morgan fingerprint density at radius 2 is 1.87 bits per heavy atom. The monoisotopic (exact) mass is 425 g/mol. The molecule has 2 aliphatic heterocycles. The number of likely N-dealkylation sites (tertiary alicyclic amines) is 1. The first kappa shape index (κ1) is 16.5. The molecular formula is C17H24IN5. The number of aliphatic imine (C=N–C) groups is 1. The summed E-state index contributed by atoms with van der Waals surface area (Å²) < 4.78 is 2.21. The van der Waals surface area contributed by atoms with E-state index in [-0.39, 0.29) is 24.0 Å². The Bertz CT molecular complexity index is 702. The number of benzene rings is 1. The maximum atomic E-state index is 4.74. The van der Waals surface area contributed by atoms with Gasteiger partial charge in [-0.05, 0) is 32.8 Å². The Balaban J connectivity index is 0.00000156. The van der Waals surface area contributed by atoms with Gasteiger partial charge in [-0.25, -0.2) is 4.99 Å². The number of nitrogens with one attached hydrogen (secondary N) is 1. The lowest BCUT2D eigenvalue weighted by Crippen LogP contribution is -2.45. The van der Waals surface area contributed by atoms with Gasteiger partial charge in [0.1, 0.15) is 0 Å². The molecule has 0 bridgehead atoms. The van der Waals surface area contributed by atoms with Gasteiger partial charge < -0.3 is 10.2 Å². The van der Waals surface area contributed by atoms with Crippen LogP contribution in [0.3, 0.4) is 0 Å². The molecule has 1 aromatic heterocycles. The number of guanidine groups is 1. The van der Waals surface area contributed by atoms with Crippen LogP contribution in [0.4, 0.5) is 0 Å². The number of aromatic nitrogens is 2. The highest BCUT2D eigenvalue weighted by atomic mass is 127. The summed E-state index contributed by atoms with van der Waals surface area (Å²) in [7, 11) is 0. The lowest BCUT2D eigenvalue weighted by molar-refractivity contribution is 0.254. The number of halogens is 1. The van der Waals surface area contributed by atoms with Crippen LogP contribution < -0.4 is 5.32 Å². The fourth-order valence-electron chi connectivity index (χ4n) is 3.44. The molecule has 2 atom stereocenters. The van der Waals surface area contributed by atoms with Crippen molar-refractivity contribution in [1.29, 1.82) is 0 Å². The summed E-state index contributed by atoms with van der Waals surface area (Å²) in [6.45, 7) is 6.46. The van der Waals surface area contributed by atoms with Gasteiger partial charge >= 0.3 is 0 Å². The minimum atomic E-state index is 0. The number of hydrogen-bond donors (Lipinski definition) is 1. The van der Waals surface area contributed by atoms with E-state index in [4.69, 9.17) is 4.99 Å². The highest BCUT2D eigenvalue weighted by molar-refractivity contribution is 14.0. The van der Waals surface area contributed by atoms with E-state index in [2.05, 4.69) is 58.1 Å². The number of para-hydroxylation sites is 1. The molecule has 3 heterocycles. The molecule has 124 valence electrons. The molecule has 2 aliphatic rings. The topological polar surface area (TPSA) is 45.5 Å². The smallest absolute Gasteiger partial charge is 0.194 e. The van der Waals surface area contributed by atoms with Gasteiger partial charge in [0.25, 0.3) is 0 Å². The second kappa shape index (κ2) is 6.67. The normalized spacial score (nSPS) is 25.1. The van der Waals surface area contributed by atoms with Crippen LogP contribution in [-0.2, 0) is 0 Å². The average molecular weight is 425 g/mol. The van der Waals surface area contributed by atoms with Gasteiger partial charge in [-0.2, -0.15) is 5.10 Å². The molecule has 23 heavy (non-hydrogen) atoms. The molecule has 0 radical (unpaired) electrons. The van der Waals surface area contributed by atoms with Crippen molar-refractivity contribution >= 4 is 40.8 Å². The van der Waals surface area contributed by atoms with Crippen LogP contribution in [0, 0.1) is 0 Å². The lowest BCUT2D eigenvalue weighted by Gasteiger charge is -2.33. The summed E-state index contributed by atoms with van der Waals surface area (Å²) in [6.07, 6.45) is 4.22. The summed E-state index contributed by atoms with van der Waals surface area (Å²) in [5.41, 5.74) is 1.25. The van der Waals surface area contributed by atoms with Gasteiger partial charge in [-0.3, -0.25) is 4.68 Å². The Morgan fingerprint density at radius 1 is 1.13 bits per heavy atom. The van der Waals surface area contributed by atoms with Crippen molar-refractivity contribution in [3.8, 4) is 0 Å². The molecule has 1 N–H and O–H groups in total.